The molecule has 29 heavy (non-hydrogen) atoms. The van der Waals surface area contributed by atoms with Gasteiger partial charge in [0.25, 0.3) is 0 Å². The van der Waals surface area contributed by atoms with Crippen molar-refractivity contribution < 1.29 is 9.59 Å². The van der Waals surface area contributed by atoms with Gasteiger partial charge in [0.05, 0.1) is 17.0 Å². The van der Waals surface area contributed by atoms with Crippen LogP contribution in [0.3, 0.4) is 0 Å². The third kappa shape index (κ3) is 4.23. The van der Waals surface area contributed by atoms with E-state index in [1.807, 2.05) is 23.1 Å². The van der Waals surface area contributed by atoms with E-state index in [1.165, 1.54) is 0 Å². The first-order chi connectivity index (χ1) is 14.2. The number of imidazole rings is 1. The van der Waals surface area contributed by atoms with Crippen LogP contribution in [-0.2, 0) is 16.1 Å². The lowest BCUT2D eigenvalue weighted by atomic mass is 9.97. The predicted molar refractivity (Wildman–Crippen MR) is 114 cm³/mol. The van der Waals surface area contributed by atoms with Gasteiger partial charge in [0.15, 0.2) is 0 Å². The number of para-hydroxylation sites is 2. The lowest BCUT2D eigenvalue weighted by molar-refractivity contribution is -0.127. The third-order valence-corrected chi connectivity index (χ3v) is 6.10. The normalized spacial score (nSPS) is 19.9. The number of fused-ring (bicyclic) bond motifs is 1. The Labute approximate surface area is 172 Å². The van der Waals surface area contributed by atoms with Crippen LogP contribution < -0.4 is 10.2 Å². The first-order valence-electron chi connectivity index (χ1n) is 10.9. The summed E-state index contributed by atoms with van der Waals surface area (Å²) in [5, 5.41) is 3.09. The van der Waals surface area contributed by atoms with E-state index in [4.69, 9.17) is 4.98 Å². The monoisotopic (exact) mass is 397 g/mol. The minimum atomic E-state index is -0.0118. The summed E-state index contributed by atoms with van der Waals surface area (Å²) in [7, 11) is 0. The fourth-order valence-corrected chi connectivity index (χ4v) is 4.56. The standard InChI is InChI=1S/C22H31N5O2/c1-2-27-19-10-4-3-9-18(19)24-22(27)26-14-5-8-17(16-26)21(29)23-12-7-15-25-13-6-11-20(25)28/h3-4,9-10,17H,2,5-8,11-16H2,1H3,(H,23,29). The van der Waals surface area contributed by atoms with Crippen molar-refractivity contribution in [2.24, 2.45) is 5.92 Å². The number of nitrogens with one attached hydrogen (secondary N) is 1. The molecular weight excluding hydrogens is 366 g/mol. The predicted octanol–water partition coefficient (Wildman–Crippen LogP) is 2.40. The van der Waals surface area contributed by atoms with Gasteiger partial charge >= 0.3 is 0 Å². The van der Waals surface area contributed by atoms with Gasteiger partial charge in [0.2, 0.25) is 17.8 Å². The molecule has 0 saturated carbocycles. The van der Waals surface area contributed by atoms with Crippen molar-refractivity contribution >= 4 is 28.8 Å². The summed E-state index contributed by atoms with van der Waals surface area (Å²) >= 11 is 0. The Morgan fingerprint density at radius 1 is 1.24 bits per heavy atom. The van der Waals surface area contributed by atoms with Crippen LogP contribution in [-0.4, -0.2) is 59.0 Å². The molecule has 2 aromatic rings. The lowest BCUT2D eigenvalue weighted by Gasteiger charge is -2.33. The van der Waals surface area contributed by atoms with Crippen LogP contribution in [0.2, 0.25) is 0 Å². The summed E-state index contributed by atoms with van der Waals surface area (Å²) in [4.78, 5) is 33.4. The molecular formula is C22H31N5O2. The number of aryl methyl sites for hydroxylation is 1. The summed E-state index contributed by atoms with van der Waals surface area (Å²) in [5.74, 6) is 1.33. The molecule has 0 spiro atoms. The highest BCUT2D eigenvalue weighted by Gasteiger charge is 2.28. The Morgan fingerprint density at radius 2 is 2.10 bits per heavy atom. The molecule has 2 aliphatic rings. The van der Waals surface area contributed by atoms with Crippen LogP contribution in [0.25, 0.3) is 11.0 Å². The Bertz CT molecular complexity index is 877. The second kappa shape index (κ2) is 8.84. The van der Waals surface area contributed by atoms with Crippen molar-refractivity contribution in [2.45, 2.75) is 45.6 Å². The quantitative estimate of drug-likeness (QED) is 0.729. The number of carbonyl (C=O) groups excluding carboxylic acids is 2. The maximum absolute atomic E-state index is 12.7. The average Bonchev–Trinajstić information content (AvgIpc) is 3.34. The summed E-state index contributed by atoms with van der Waals surface area (Å²) < 4.78 is 2.24. The second-order valence-corrected chi connectivity index (χ2v) is 8.06. The molecule has 156 valence electrons. The van der Waals surface area contributed by atoms with Gasteiger partial charge in [-0.1, -0.05) is 12.1 Å². The number of piperidine rings is 1. The molecule has 2 saturated heterocycles. The molecule has 2 amide bonds. The first-order valence-corrected chi connectivity index (χ1v) is 10.9. The van der Waals surface area contributed by atoms with Gasteiger partial charge < -0.3 is 19.7 Å². The van der Waals surface area contributed by atoms with Gasteiger partial charge in [-0.05, 0) is 44.7 Å². The van der Waals surface area contributed by atoms with Crippen LogP contribution in [0, 0.1) is 5.92 Å². The Morgan fingerprint density at radius 3 is 2.90 bits per heavy atom. The molecule has 1 atom stereocenters. The number of aromatic nitrogens is 2. The Kier molecular flexibility index (Phi) is 6.02. The molecule has 1 unspecified atom stereocenters. The van der Waals surface area contributed by atoms with Gasteiger partial charge in [-0.25, -0.2) is 4.98 Å². The van der Waals surface area contributed by atoms with Crippen molar-refractivity contribution in [3.8, 4) is 0 Å². The number of likely N-dealkylation sites (tertiary alicyclic amines) is 1. The van der Waals surface area contributed by atoms with Crippen LogP contribution in [0.5, 0.6) is 0 Å². The van der Waals surface area contributed by atoms with E-state index in [0.717, 1.165) is 68.8 Å². The van der Waals surface area contributed by atoms with Crippen molar-refractivity contribution in [1.29, 1.82) is 0 Å². The average molecular weight is 398 g/mol. The molecule has 1 aromatic heterocycles. The molecule has 7 nitrogen and oxygen atoms in total. The zero-order valence-electron chi connectivity index (χ0n) is 17.3. The molecule has 0 aliphatic carbocycles. The highest BCUT2D eigenvalue weighted by atomic mass is 16.2. The van der Waals surface area contributed by atoms with Crippen molar-refractivity contribution in [3.63, 3.8) is 0 Å². The van der Waals surface area contributed by atoms with E-state index in [9.17, 15) is 9.59 Å². The van der Waals surface area contributed by atoms with Gasteiger partial charge in [-0.15, -0.1) is 0 Å². The maximum Gasteiger partial charge on any atom is 0.224 e. The Balaban J connectivity index is 1.33. The van der Waals surface area contributed by atoms with Crippen LogP contribution >= 0.6 is 0 Å². The smallest absolute Gasteiger partial charge is 0.224 e. The van der Waals surface area contributed by atoms with Crippen molar-refractivity contribution in [3.05, 3.63) is 24.3 Å². The lowest BCUT2D eigenvalue weighted by Crippen LogP contribution is -2.44. The molecule has 0 radical (unpaired) electrons. The zero-order chi connectivity index (χ0) is 20.2. The highest BCUT2D eigenvalue weighted by Crippen LogP contribution is 2.27. The number of anilines is 1. The number of rotatable bonds is 7. The molecule has 1 N–H and O–H groups in total. The van der Waals surface area contributed by atoms with Crippen LogP contribution in [0.4, 0.5) is 5.95 Å². The molecule has 0 bridgehead atoms. The topological polar surface area (TPSA) is 70.5 Å². The van der Waals surface area contributed by atoms with E-state index >= 15 is 0 Å². The van der Waals surface area contributed by atoms with E-state index in [2.05, 4.69) is 27.8 Å². The summed E-state index contributed by atoms with van der Waals surface area (Å²) in [5.41, 5.74) is 2.15. The largest absolute Gasteiger partial charge is 0.356 e. The van der Waals surface area contributed by atoms with E-state index in [0.29, 0.717) is 19.5 Å². The van der Waals surface area contributed by atoms with Gasteiger partial charge in [0, 0.05) is 45.7 Å². The summed E-state index contributed by atoms with van der Waals surface area (Å²) in [6, 6.07) is 8.21. The highest BCUT2D eigenvalue weighted by molar-refractivity contribution is 5.81. The van der Waals surface area contributed by atoms with E-state index in [1.54, 1.807) is 0 Å². The van der Waals surface area contributed by atoms with Gasteiger partial charge in [-0.3, -0.25) is 9.59 Å². The SMILES string of the molecule is CCn1c(N2CCCC(C(=O)NCCCN3CCCC3=O)C2)nc2ccccc21. The maximum atomic E-state index is 12.7. The summed E-state index contributed by atoms with van der Waals surface area (Å²) in [6.07, 6.45) is 4.37. The zero-order valence-corrected chi connectivity index (χ0v) is 17.3. The first kappa shape index (κ1) is 19.7. The van der Waals surface area contributed by atoms with E-state index < -0.39 is 0 Å². The van der Waals surface area contributed by atoms with Crippen LogP contribution in [0.1, 0.15) is 39.0 Å². The molecule has 1 aromatic carbocycles. The van der Waals surface area contributed by atoms with Gasteiger partial charge in [-0.2, -0.15) is 0 Å². The minimum absolute atomic E-state index is 0.0118. The van der Waals surface area contributed by atoms with Crippen molar-refractivity contribution in [2.75, 3.05) is 37.6 Å². The van der Waals surface area contributed by atoms with Crippen molar-refractivity contribution in [1.82, 2.24) is 19.8 Å². The fourth-order valence-electron chi connectivity index (χ4n) is 4.56. The minimum Gasteiger partial charge on any atom is -0.356 e. The number of hydrogen-bond acceptors (Lipinski definition) is 4. The second-order valence-electron chi connectivity index (χ2n) is 8.06. The molecule has 2 fully saturated rings. The summed E-state index contributed by atoms with van der Waals surface area (Å²) in [6.45, 7) is 6.88. The molecule has 7 heteroatoms. The van der Waals surface area contributed by atoms with Crippen LogP contribution in [0.15, 0.2) is 24.3 Å². The Hall–Kier alpha value is -2.57. The molecule has 3 heterocycles. The number of hydrogen-bond donors (Lipinski definition) is 1. The molecule has 2 aliphatic heterocycles. The number of amides is 2. The number of nitrogens with zero attached hydrogens (tertiary/aromatic N) is 4. The fraction of sp³-hybridized carbons (Fsp3) is 0.591. The number of benzene rings is 1. The van der Waals surface area contributed by atoms with Gasteiger partial charge in [0.1, 0.15) is 0 Å². The third-order valence-electron chi connectivity index (χ3n) is 6.10. The molecule has 4 rings (SSSR count). The number of carbonyl (C=O) groups is 2. The van der Waals surface area contributed by atoms with E-state index in [-0.39, 0.29) is 17.7 Å².